The fourth-order valence-corrected chi connectivity index (χ4v) is 0.635. The van der Waals surface area contributed by atoms with Gasteiger partial charge in [0, 0.05) is 5.21 Å². The Bertz CT molecular complexity index is 248. The monoisotopic (exact) mass is 271 g/mol. The summed E-state index contributed by atoms with van der Waals surface area (Å²) in [5, 5.41) is 19.3. The van der Waals surface area contributed by atoms with Crippen LogP contribution in [0.3, 0.4) is 0 Å². The van der Waals surface area contributed by atoms with E-state index in [0.717, 1.165) is 2.90 Å². The number of halogens is 1. The largest absolute Gasteiger partial charge is 0.488 e. The molecule has 0 aliphatic carbocycles. The number of hydrogen-bond acceptors (Lipinski definition) is 6. The summed E-state index contributed by atoms with van der Waals surface area (Å²) < 4.78 is 0.956. The lowest BCUT2D eigenvalue weighted by Gasteiger charge is -1.85. The maximum atomic E-state index is 9.92. The van der Waals surface area contributed by atoms with Gasteiger partial charge in [0.05, 0.1) is 10.3 Å². The fourth-order valence-electron chi connectivity index (χ4n) is 0.276. The van der Waals surface area contributed by atoms with E-state index >= 15 is 0 Å². The third kappa shape index (κ3) is 2.53. The van der Waals surface area contributed by atoms with Gasteiger partial charge in [-0.15, -0.1) is 0 Å². The first-order valence-electron chi connectivity index (χ1n) is 2.09. The molecule has 1 heterocycles. The predicted molar refractivity (Wildman–Crippen MR) is 41.0 cm³/mol. The van der Waals surface area contributed by atoms with E-state index in [9.17, 15) is 10.1 Å². The summed E-state index contributed by atoms with van der Waals surface area (Å²) in [6.45, 7) is 2.00. The smallest absolute Gasteiger partial charge is 0.390 e. The van der Waals surface area contributed by atoms with Crippen molar-refractivity contribution in [3.63, 3.8) is 0 Å². The Labute approximate surface area is 74.2 Å². The second kappa shape index (κ2) is 4.65. The minimum absolute atomic E-state index is 0.365. The molecule has 0 aliphatic rings. The Morgan fingerprint density at radius 1 is 1.64 bits per heavy atom. The van der Waals surface area contributed by atoms with E-state index in [2.05, 4.69) is 15.5 Å². The Morgan fingerprint density at radius 3 is 2.36 bits per heavy atom. The molecular formula is C2H2IN5O3. The summed E-state index contributed by atoms with van der Waals surface area (Å²) in [6.07, 6.45) is 0. The van der Waals surface area contributed by atoms with Crippen LogP contribution in [0.15, 0.2) is 0 Å². The van der Waals surface area contributed by atoms with Crippen molar-refractivity contribution in [1.82, 2.24) is 18.4 Å². The van der Waals surface area contributed by atoms with Crippen LogP contribution in [0.1, 0.15) is 0 Å². The lowest BCUT2D eigenvalue weighted by molar-refractivity contribution is -0.394. The van der Waals surface area contributed by atoms with Gasteiger partial charge in [0.1, 0.15) is 6.79 Å². The number of carbonyl (C=O) groups is 1. The van der Waals surface area contributed by atoms with Crippen molar-refractivity contribution in [3.05, 3.63) is 10.1 Å². The molecule has 0 unspecified atom stereocenters. The van der Waals surface area contributed by atoms with Crippen LogP contribution in [0.25, 0.3) is 0 Å². The summed E-state index contributed by atoms with van der Waals surface area (Å²) >= 11 is 1.61. The number of aromatic nitrogens is 4. The van der Waals surface area contributed by atoms with Gasteiger partial charge in [0.2, 0.25) is 0 Å². The number of hydrogen-bond donors (Lipinski definition) is 0. The van der Waals surface area contributed by atoms with Gasteiger partial charge in [-0.1, -0.05) is 0 Å². The van der Waals surface area contributed by atoms with Crippen LogP contribution in [0.4, 0.5) is 5.95 Å². The van der Waals surface area contributed by atoms with E-state index in [0.29, 0.717) is 0 Å². The number of carbonyl (C=O) groups excluding carboxylic acids is 1. The van der Waals surface area contributed by atoms with E-state index in [-0.39, 0.29) is 5.95 Å². The standard InChI is InChI=1S/CIN5O2.CH2O/c2-6-1(7(8)9)3-4-5-6;1-2/h;1H2. The molecule has 1 aromatic rings. The lowest BCUT2D eigenvalue weighted by atomic mass is 11.1. The van der Waals surface area contributed by atoms with Crippen LogP contribution < -0.4 is 0 Å². The Hall–Kier alpha value is -1.13. The molecule has 0 N–H and O–H groups in total. The zero-order valence-corrected chi connectivity index (χ0v) is 7.20. The number of nitro groups is 1. The van der Waals surface area contributed by atoms with Gasteiger partial charge in [0.15, 0.2) is 22.9 Å². The Kier molecular flexibility index (Phi) is 4.17. The highest BCUT2D eigenvalue weighted by atomic mass is 127. The van der Waals surface area contributed by atoms with Crippen LogP contribution in [-0.4, -0.2) is 30.1 Å². The highest BCUT2D eigenvalue weighted by Crippen LogP contribution is 2.04. The lowest BCUT2D eigenvalue weighted by Crippen LogP contribution is -1.94. The van der Waals surface area contributed by atoms with Crippen molar-refractivity contribution in [2.45, 2.75) is 0 Å². The normalized spacial score (nSPS) is 8.09. The van der Waals surface area contributed by atoms with E-state index in [1.54, 1.807) is 22.9 Å². The zero-order valence-electron chi connectivity index (χ0n) is 5.05. The molecule has 9 heteroatoms. The maximum absolute atomic E-state index is 9.92. The third-order valence-corrected chi connectivity index (χ3v) is 1.21. The molecule has 0 aromatic carbocycles. The molecule has 0 fully saturated rings. The highest BCUT2D eigenvalue weighted by molar-refractivity contribution is 14.1. The molecule has 0 amide bonds. The molecule has 0 aliphatic heterocycles. The van der Waals surface area contributed by atoms with Gasteiger partial charge in [-0.3, -0.25) is 0 Å². The summed E-state index contributed by atoms with van der Waals surface area (Å²) in [7, 11) is 0. The van der Waals surface area contributed by atoms with Gasteiger partial charge in [0.25, 0.3) is 0 Å². The average molecular weight is 271 g/mol. The van der Waals surface area contributed by atoms with Crippen molar-refractivity contribution in [3.8, 4) is 0 Å². The molecule has 11 heavy (non-hydrogen) atoms. The van der Waals surface area contributed by atoms with E-state index in [1.807, 2.05) is 6.79 Å². The van der Waals surface area contributed by atoms with E-state index in [1.165, 1.54) is 0 Å². The minimum Gasteiger partial charge on any atom is -0.390 e. The van der Waals surface area contributed by atoms with Gasteiger partial charge in [-0.05, 0) is 7.82 Å². The SMILES string of the molecule is C=O.O=[N+]([O-])c1nnnn1I. The second-order valence-electron chi connectivity index (χ2n) is 1.10. The minimum atomic E-state index is -0.660. The summed E-state index contributed by atoms with van der Waals surface area (Å²) in [4.78, 5) is 17.3. The quantitative estimate of drug-likeness (QED) is 0.391. The number of tetrazole rings is 1. The molecule has 60 valence electrons. The maximum Gasteiger partial charge on any atom is 0.488 e. The van der Waals surface area contributed by atoms with E-state index < -0.39 is 4.92 Å². The van der Waals surface area contributed by atoms with Gasteiger partial charge in [-0.25, -0.2) is 0 Å². The molecule has 0 atom stereocenters. The topological polar surface area (TPSA) is 104 Å². The molecule has 1 rings (SSSR count). The second-order valence-corrected chi connectivity index (χ2v) is 2.01. The van der Waals surface area contributed by atoms with Crippen LogP contribution in [0.5, 0.6) is 0 Å². The zero-order chi connectivity index (χ0) is 8.85. The number of rotatable bonds is 1. The van der Waals surface area contributed by atoms with Crippen molar-refractivity contribution in [1.29, 1.82) is 0 Å². The van der Waals surface area contributed by atoms with Gasteiger partial charge >= 0.3 is 5.95 Å². The summed E-state index contributed by atoms with van der Waals surface area (Å²) in [5.74, 6) is -0.365. The fraction of sp³-hybridized carbons (Fsp3) is 0. The summed E-state index contributed by atoms with van der Waals surface area (Å²) in [5.41, 5.74) is 0. The third-order valence-electron chi connectivity index (χ3n) is 0.581. The first-order valence-corrected chi connectivity index (χ1v) is 3.06. The highest BCUT2D eigenvalue weighted by Gasteiger charge is 2.14. The molecule has 0 spiro atoms. The first kappa shape index (κ1) is 9.87. The molecule has 0 radical (unpaired) electrons. The molecular weight excluding hydrogens is 269 g/mol. The van der Waals surface area contributed by atoms with Crippen LogP contribution in [0.2, 0.25) is 0 Å². The van der Waals surface area contributed by atoms with Crippen molar-refractivity contribution >= 4 is 35.6 Å². The first-order chi connectivity index (χ1) is 5.22. The Balaban J connectivity index is 0.000000461. The Morgan fingerprint density at radius 2 is 2.18 bits per heavy atom. The van der Waals surface area contributed by atoms with Crippen molar-refractivity contribution in [2.24, 2.45) is 0 Å². The summed E-state index contributed by atoms with van der Waals surface area (Å²) in [6, 6.07) is 0. The van der Waals surface area contributed by atoms with E-state index in [4.69, 9.17) is 4.79 Å². The molecule has 0 bridgehead atoms. The van der Waals surface area contributed by atoms with Crippen LogP contribution >= 0.6 is 22.9 Å². The predicted octanol–water partition coefficient (Wildman–Crippen LogP) is -0.406. The average Bonchev–Trinajstić information content (AvgIpc) is 2.39. The van der Waals surface area contributed by atoms with Crippen molar-refractivity contribution in [2.75, 3.05) is 0 Å². The van der Waals surface area contributed by atoms with Crippen LogP contribution in [0, 0.1) is 10.1 Å². The molecule has 8 nitrogen and oxygen atoms in total. The van der Waals surface area contributed by atoms with Crippen molar-refractivity contribution < 1.29 is 9.72 Å². The molecule has 0 saturated heterocycles. The van der Waals surface area contributed by atoms with Gasteiger partial charge < -0.3 is 14.9 Å². The molecule has 1 aromatic heterocycles. The molecule has 0 saturated carbocycles. The van der Waals surface area contributed by atoms with Gasteiger partial charge in [-0.2, -0.15) is 0 Å². The number of nitrogens with zero attached hydrogens (tertiary/aromatic N) is 5. The van der Waals surface area contributed by atoms with Crippen LogP contribution in [-0.2, 0) is 4.79 Å².